The highest BCUT2D eigenvalue weighted by Gasteiger charge is 2.47. The van der Waals surface area contributed by atoms with Crippen LogP contribution >= 0.6 is 23.2 Å². The second-order valence-electron chi connectivity index (χ2n) is 9.73. The number of fused-ring (bicyclic) bond motifs is 2. The standard InChI is InChI=1S/C28H28Cl2N4/c1-18-16-23(34-15-12-32-27(34)24(18)21-8-5-9-22(29)25(21)30)33-13-10-28(11-14-33)17-19-6-3-4-7-20(19)26(28)31-2/h3-9,12,15-16,26,31H,10-11,13-14,17H2,1-2H3/t26-/m1/s1. The van der Waals surface area contributed by atoms with Gasteiger partial charge in [-0.25, -0.2) is 4.98 Å². The lowest BCUT2D eigenvalue weighted by atomic mass is 9.73. The lowest BCUT2D eigenvalue weighted by Crippen LogP contribution is -2.45. The van der Waals surface area contributed by atoms with Gasteiger partial charge in [0.25, 0.3) is 0 Å². The molecule has 1 fully saturated rings. The molecule has 0 unspecified atom stereocenters. The molecule has 34 heavy (non-hydrogen) atoms. The van der Waals surface area contributed by atoms with E-state index in [0.29, 0.717) is 16.1 Å². The van der Waals surface area contributed by atoms with Crippen molar-refractivity contribution in [1.82, 2.24) is 14.7 Å². The third-order valence-corrected chi connectivity index (χ3v) is 8.78. The van der Waals surface area contributed by atoms with Crippen LogP contribution in [0.1, 0.15) is 35.6 Å². The second-order valence-corrected chi connectivity index (χ2v) is 10.5. The normalized spacial score (nSPS) is 19.2. The monoisotopic (exact) mass is 490 g/mol. The zero-order valence-electron chi connectivity index (χ0n) is 19.5. The highest BCUT2D eigenvalue weighted by molar-refractivity contribution is 6.43. The lowest BCUT2D eigenvalue weighted by Gasteiger charge is -2.44. The van der Waals surface area contributed by atoms with Gasteiger partial charge < -0.3 is 10.2 Å². The number of piperidine rings is 1. The molecule has 2 aliphatic rings. The smallest absolute Gasteiger partial charge is 0.146 e. The minimum absolute atomic E-state index is 0.284. The van der Waals surface area contributed by atoms with Crippen LogP contribution in [0, 0.1) is 12.3 Å². The summed E-state index contributed by atoms with van der Waals surface area (Å²) in [5.41, 5.74) is 7.30. The number of benzene rings is 2. The van der Waals surface area contributed by atoms with Gasteiger partial charge in [0.2, 0.25) is 0 Å². The zero-order chi connectivity index (χ0) is 23.4. The summed E-state index contributed by atoms with van der Waals surface area (Å²) in [6.07, 6.45) is 7.40. The summed E-state index contributed by atoms with van der Waals surface area (Å²) in [6.45, 7) is 4.19. The number of halogens is 2. The van der Waals surface area contributed by atoms with E-state index in [1.807, 2.05) is 24.4 Å². The minimum Gasteiger partial charge on any atom is -0.358 e. The van der Waals surface area contributed by atoms with Gasteiger partial charge in [0, 0.05) is 42.7 Å². The van der Waals surface area contributed by atoms with E-state index in [2.05, 4.69) is 65.1 Å². The Morgan fingerprint density at radius 2 is 1.85 bits per heavy atom. The van der Waals surface area contributed by atoms with Crippen LogP contribution in [0.25, 0.3) is 16.8 Å². The number of nitrogens with one attached hydrogen (secondary N) is 1. The molecular weight excluding hydrogens is 463 g/mol. The van der Waals surface area contributed by atoms with E-state index in [9.17, 15) is 0 Å². The quantitative estimate of drug-likeness (QED) is 0.345. The summed E-state index contributed by atoms with van der Waals surface area (Å²) in [5, 5.41) is 4.78. The van der Waals surface area contributed by atoms with Gasteiger partial charge in [-0.05, 0) is 67.5 Å². The number of anilines is 1. The fourth-order valence-electron chi connectivity index (χ4n) is 6.35. The van der Waals surface area contributed by atoms with E-state index >= 15 is 0 Å². The molecule has 0 saturated carbocycles. The number of aromatic nitrogens is 2. The predicted octanol–water partition coefficient (Wildman–Crippen LogP) is 6.72. The Labute approximate surface area is 210 Å². The van der Waals surface area contributed by atoms with Gasteiger partial charge in [-0.1, -0.05) is 59.6 Å². The number of hydrogen-bond acceptors (Lipinski definition) is 3. The van der Waals surface area contributed by atoms with Crippen molar-refractivity contribution in [3.05, 3.63) is 87.7 Å². The number of imidazole rings is 1. The fraction of sp³-hybridized carbons (Fsp3) is 0.321. The first-order chi connectivity index (χ1) is 16.5. The fourth-order valence-corrected chi connectivity index (χ4v) is 6.75. The molecule has 6 heteroatoms. The second kappa shape index (κ2) is 8.30. The number of pyridine rings is 1. The molecule has 0 bridgehead atoms. The molecule has 0 radical (unpaired) electrons. The maximum absolute atomic E-state index is 6.61. The number of aryl methyl sites for hydroxylation is 1. The molecule has 3 heterocycles. The molecule has 1 spiro atoms. The molecule has 4 nitrogen and oxygen atoms in total. The van der Waals surface area contributed by atoms with Gasteiger partial charge in [-0.15, -0.1) is 0 Å². The highest BCUT2D eigenvalue weighted by atomic mass is 35.5. The maximum Gasteiger partial charge on any atom is 0.146 e. The van der Waals surface area contributed by atoms with Crippen LogP contribution in [0.2, 0.25) is 10.0 Å². The molecule has 4 aromatic rings. The summed E-state index contributed by atoms with van der Waals surface area (Å²) in [6, 6.07) is 17.4. The van der Waals surface area contributed by atoms with Crippen LogP contribution < -0.4 is 10.2 Å². The van der Waals surface area contributed by atoms with Crippen LogP contribution in [-0.2, 0) is 6.42 Å². The average Bonchev–Trinajstić information content (AvgIpc) is 3.44. The maximum atomic E-state index is 6.61. The van der Waals surface area contributed by atoms with E-state index in [1.54, 1.807) is 0 Å². The summed E-state index contributed by atoms with van der Waals surface area (Å²) < 4.78 is 2.20. The molecule has 174 valence electrons. The van der Waals surface area contributed by atoms with Crippen molar-refractivity contribution in [3.63, 3.8) is 0 Å². The molecule has 1 atom stereocenters. The summed E-state index contributed by atoms with van der Waals surface area (Å²) >= 11 is 12.9. The lowest BCUT2D eigenvalue weighted by molar-refractivity contribution is 0.167. The molecule has 1 aliphatic carbocycles. The van der Waals surface area contributed by atoms with Crippen LogP contribution in [0.3, 0.4) is 0 Å². The van der Waals surface area contributed by atoms with Crippen molar-refractivity contribution in [2.75, 3.05) is 25.0 Å². The van der Waals surface area contributed by atoms with Crippen molar-refractivity contribution in [2.24, 2.45) is 5.41 Å². The molecular formula is C28H28Cl2N4. The molecule has 0 amide bonds. The largest absolute Gasteiger partial charge is 0.358 e. The van der Waals surface area contributed by atoms with E-state index < -0.39 is 0 Å². The Hall–Kier alpha value is -2.53. The zero-order valence-corrected chi connectivity index (χ0v) is 21.0. The third kappa shape index (κ3) is 3.27. The number of hydrogen-bond donors (Lipinski definition) is 1. The van der Waals surface area contributed by atoms with Crippen molar-refractivity contribution >= 4 is 34.7 Å². The van der Waals surface area contributed by atoms with Gasteiger partial charge in [-0.2, -0.15) is 0 Å². The summed E-state index contributed by atoms with van der Waals surface area (Å²) in [4.78, 5) is 7.25. The topological polar surface area (TPSA) is 32.6 Å². The van der Waals surface area contributed by atoms with E-state index in [0.717, 1.165) is 54.7 Å². The predicted molar refractivity (Wildman–Crippen MR) is 141 cm³/mol. The SMILES string of the molecule is CN[C@@H]1c2ccccc2CC12CCN(c1cc(C)c(-c3cccc(Cl)c3Cl)c3nccn13)CC2. The van der Waals surface area contributed by atoms with E-state index in [1.165, 1.54) is 16.9 Å². The first-order valence-electron chi connectivity index (χ1n) is 11.9. The Kier molecular flexibility index (Phi) is 5.36. The Bertz CT molecular complexity index is 1380. The van der Waals surface area contributed by atoms with Gasteiger partial charge in [-0.3, -0.25) is 4.40 Å². The van der Waals surface area contributed by atoms with E-state index in [4.69, 9.17) is 28.2 Å². The van der Waals surface area contributed by atoms with Crippen molar-refractivity contribution in [1.29, 1.82) is 0 Å². The Balaban J connectivity index is 1.34. The average molecular weight is 491 g/mol. The van der Waals surface area contributed by atoms with Gasteiger partial charge >= 0.3 is 0 Å². The van der Waals surface area contributed by atoms with Crippen LogP contribution in [-0.4, -0.2) is 29.5 Å². The van der Waals surface area contributed by atoms with Gasteiger partial charge in [0.1, 0.15) is 11.5 Å². The Morgan fingerprint density at radius 3 is 2.65 bits per heavy atom. The minimum atomic E-state index is 0.284. The first-order valence-corrected chi connectivity index (χ1v) is 12.7. The molecule has 1 N–H and O–H groups in total. The van der Waals surface area contributed by atoms with Crippen molar-refractivity contribution in [2.45, 2.75) is 32.2 Å². The summed E-state index contributed by atoms with van der Waals surface area (Å²) in [7, 11) is 2.11. The van der Waals surface area contributed by atoms with Gasteiger partial charge in [0.15, 0.2) is 0 Å². The third-order valence-electron chi connectivity index (χ3n) is 7.96. The molecule has 2 aromatic carbocycles. The molecule has 2 aromatic heterocycles. The molecule has 1 saturated heterocycles. The van der Waals surface area contributed by atoms with Crippen molar-refractivity contribution < 1.29 is 0 Å². The summed E-state index contributed by atoms with van der Waals surface area (Å²) in [5.74, 6) is 1.19. The Morgan fingerprint density at radius 1 is 1.06 bits per heavy atom. The van der Waals surface area contributed by atoms with Crippen LogP contribution in [0.15, 0.2) is 60.9 Å². The van der Waals surface area contributed by atoms with E-state index in [-0.39, 0.29) is 5.41 Å². The molecule has 1 aliphatic heterocycles. The highest BCUT2D eigenvalue weighted by Crippen LogP contribution is 2.52. The molecule has 6 rings (SSSR count). The number of rotatable bonds is 3. The van der Waals surface area contributed by atoms with Crippen LogP contribution in [0.4, 0.5) is 5.82 Å². The first kappa shape index (κ1) is 22.0. The van der Waals surface area contributed by atoms with Crippen molar-refractivity contribution in [3.8, 4) is 11.1 Å². The van der Waals surface area contributed by atoms with Crippen LogP contribution in [0.5, 0.6) is 0 Å². The van der Waals surface area contributed by atoms with Gasteiger partial charge in [0.05, 0.1) is 10.0 Å². The number of nitrogens with zero attached hydrogens (tertiary/aromatic N) is 3.